The van der Waals surface area contributed by atoms with Crippen molar-refractivity contribution >= 4 is 17.4 Å². The van der Waals surface area contributed by atoms with E-state index in [2.05, 4.69) is 60.2 Å². The molecule has 0 aliphatic rings. The van der Waals surface area contributed by atoms with E-state index < -0.39 is 0 Å². The van der Waals surface area contributed by atoms with Crippen molar-refractivity contribution in [1.29, 1.82) is 0 Å². The van der Waals surface area contributed by atoms with Gasteiger partial charge in [0.25, 0.3) is 5.56 Å². The van der Waals surface area contributed by atoms with Crippen LogP contribution in [0.4, 0.5) is 0 Å². The Hall–Kier alpha value is -2.93. The second kappa shape index (κ2) is 7.72. The molecule has 0 spiro atoms. The number of benzene rings is 1. The molecule has 3 aromatic heterocycles. The summed E-state index contributed by atoms with van der Waals surface area (Å²) < 4.78 is 3.54. The molecule has 0 aliphatic heterocycles. The lowest BCUT2D eigenvalue weighted by atomic mass is 9.87. The van der Waals surface area contributed by atoms with Gasteiger partial charge in [0.1, 0.15) is 5.65 Å². The lowest BCUT2D eigenvalue weighted by molar-refractivity contribution is 0.590. The monoisotopic (exact) mass is 419 g/mol. The van der Waals surface area contributed by atoms with Crippen LogP contribution >= 0.6 is 11.8 Å². The first-order valence-corrected chi connectivity index (χ1v) is 10.8. The number of aromatic nitrogens is 5. The van der Waals surface area contributed by atoms with Gasteiger partial charge in [-0.2, -0.15) is 0 Å². The second-order valence-electron chi connectivity index (χ2n) is 8.50. The molecule has 7 heteroatoms. The maximum absolute atomic E-state index is 12.4. The van der Waals surface area contributed by atoms with Gasteiger partial charge in [-0.1, -0.05) is 56.8 Å². The minimum Gasteiger partial charge on any atom is -0.305 e. The molecule has 0 amide bonds. The molecule has 0 radical (unpaired) electrons. The van der Waals surface area contributed by atoms with Crippen LogP contribution in [0.2, 0.25) is 0 Å². The Kier molecular flexibility index (Phi) is 5.24. The first kappa shape index (κ1) is 20.3. The van der Waals surface area contributed by atoms with Gasteiger partial charge in [0.2, 0.25) is 0 Å². The van der Waals surface area contributed by atoms with Crippen molar-refractivity contribution < 1.29 is 0 Å². The molecule has 154 valence electrons. The molecule has 6 nitrogen and oxygen atoms in total. The van der Waals surface area contributed by atoms with Crippen LogP contribution in [-0.4, -0.2) is 24.1 Å². The molecule has 3 heterocycles. The summed E-state index contributed by atoms with van der Waals surface area (Å²) in [6.07, 6.45) is 1.76. The van der Waals surface area contributed by atoms with Crippen molar-refractivity contribution in [3.63, 3.8) is 0 Å². The zero-order chi connectivity index (χ0) is 21.5. The minimum absolute atomic E-state index is 0.0757. The molecule has 0 N–H and O–H groups in total. The van der Waals surface area contributed by atoms with Crippen molar-refractivity contribution in [3.8, 4) is 11.4 Å². The molecule has 0 atom stereocenters. The van der Waals surface area contributed by atoms with Crippen molar-refractivity contribution in [1.82, 2.24) is 24.1 Å². The van der Waals surface area contributed by atoms with E-state index >= 15 is 0 Å². The highest BCUT2D eigenvalue weighted by molar-refractivity contribution is 7.98. The Labute approximate surface area is 180 Å². The van der Waals surface area contributed by atoms with Crippen LogP contribution in [-0.2, 0) is 18.2 Å². The number of nitrogens with zero attached hydrogens (tertiary/aromatic N) is 5. The Morgan fingerprint density at radius 1 is 1.03 bits per heavy atom. The Morgan fingerprint density at radius 2 is 1.77 bits per heavy atom. The van der Waals surface area contributed by atoms with Gasteiger partial charge in [-0.05, 0) is 35.6 Å². The van der Waals surface area contributed by atoms with Crippen molar-refractivity contribution in [2.45, 2.75) is 44.0 Å². The number of thioether (sulfide) groups is 1. The zero-order valence-corrected chi connectivity index (χ0v) is 18.7. The lowest BCUT2D eigenvalue weighted by Crippen LogP contribution is -2.15. The topological polar surface area (TPSA) is 65.1 Å². The van der Waals surface area contributed by atoms with E-state index in [1.807, 2.05) is 30.7 Å². The van der Waals surface area contributed by atoms with Crippen molar-refractivity contribution in [3.05, 3.63) is 75.8 Å². The van der Waals surface area contributed by atoms with Crippen LogP contribution in [0.25, 0.3) is 17.0 Å². The summed E-state index contributed by atoms with van der Waals surface area (Å²) in [5.74, 6) is 1.37. The predicted molar refractivity (Wildman–Crippen MR) is 121 cm³/mol. The Morgan fingerprint density at radius 3 is 2.47 bits per heavy atom. The molecule has 0 aliphatic carbocycles. The van der Waals surface area contributed by atoms with Gasteiger partial charge in [0, 0.05) is 30.6 Å². The van der Waals surface area contributed by atoms with Gasteiger partial charge >= 0.3 is 0 Å². The molecule has 1 aromatic carbocycles. The summed E-state index contributed by atoms with van der Waals surface area (Å²) in [6.45, 7) is 8.59. The molecule has 0 unspecified atom stereocenters. The van der Waals surface area contributed by atoms with E-state index in [1.165, 1.54) is 17.3 Å². The highest BCUT2D eigenvalue weighted by Gasteiger charge is 2.16. The molecule has 0 saturated heterocycles. The summed E-state index contributed by atoms with van der Waals surface area (Å²) in [4.78, 5) is 17.0. The summed E-state index contributed by atoms with van der Waals surface area (Å²) in [5, 5.41) is 9.51. The van der Waals surface area contributed by atoms with Gasteiger partial charge in [0.05, 0.1) is 5.69 Å². The largest absolute Gasteiger partial charge is 0.305 e. The maximum Gasteiger partial charge on any atom is 0.258 e. The van der Waals surface area contributed by atoms with Gasteiger partial charge in [-0.3, -0.25) is 9.20 Å². The number of hydrogen-bond donors (Lipinski definition) is 0. The average Bonchev–Trinajstić information content (AvgIpc) is 3.06. The summed E-state index contributed by atoms with van der Waals surface area (Å²) in [5.41, 5.74) is 4.82. The van der Waals surface area contributed by atoms with E-state index in [4.69, 9.17) is 0 Å². The standard InChI is InChI=1S/C23H25N5OS/c1-15-10-11-28-19(12-15)24-18(13-20(28)29)14-30-22-26-25-21(27(22)5)16-6-8-17(9-7-16)23(2,3)4/h6-13H,14H2,1-5H3. The van der Waals surface area contributed by atoms with E-state index in [9.17, 15) is 4.79 Å². The first-order valence-electron chi connectivity index (χ1n) is 9.84. The first-order chi connectivity index (χ1) is 14.2. The molecule has 0 bridgehead atoms. The number of rotatable bonds is 4. The maximum atomic E-state index is 12.4. The number of fused-ring (bicyclic) bond motifs is 1. The molecule has 0 saturated carbocycles. The fourth-order valence-electron chi connectivity index (χ4n) is 3.28. The molecule has 4 rings (SSSR count). The Bertz CT molecular complexity index is 1270. The molecular weight excluding hydrogens is 394 g/mol. The van der Waals surface area contributed by atoms with E-state index in [-0.39, 0.29) is 11.0 Å². The summed E-state index contributed by atoms with van der Waals surface area (Å²) in [7, 11) is 1.96. The normalized spacial score (nSPS) is 11.9. The lowest BCUT2D eigenvalue weighted by Gasteiger charge is -2.19. The predicted octanol–water partition coefficient (Wildman–Crippen LogP) is 4.39. The second-order valence-corrected chi connectivity index (χ2v) is 9.44. The third-order valence-corrected chi connectivity index (χ3v) is 6.12. The van der Waals surface area contributed by atoms with Gasteiger partial charge < -0.3 is 4.57 Å². The summed E-state index contributed by atoms with van der Waals surface area (Å²) in [6, 6.07) is 13.9. The molecule has 0 fully saturated rings. The number of aryl methyl sites for hydroxylation is 1. The van der Waals surface area contributed by atoms with Crippen LogP contribution in [0.15, 0.2) is 58.6 Å². The third-order valence-electron chi connectivity index (χ3n) is 5.07. The van der Waals surface area contributed by atoms with Gasteiger partial charge in [-0.15, -0.1) is 10.2 Å². The average molecular weight is 420 g/mol. The van der Waals surface area contributed by atoms with Gasteiger partial charge in [0.15, 0.2) is 11.0 Å². The molecular formula is C23H25N5OS. The highest BCUT2D eigenvalue weighted by atomic mass is 32.2. The minimum atomic E-state index is -0.0757. The molecule has 30 heavy (non-hydrogen) atoms. The zero-order valence-electron chi connectivity index (χ0n) is 17.9. The van der Waals surface area contributed by atoms with Crippen molar-refractivity contribution in [2.24, 2.45) is 7.05 Å². The SMILES string of the molecule is Cc1ccn2c(=O)cc(CSc3nnc(-c4ccc(C(C)(C)C)cc4)n3C)nc2c1. The van der Waals surface area contributed by atoms with E-state index in [0.29, 0.717) is 11.4 Å². The quantitative estimate of drug-likeness (QED) is 0.459. The smallest absolute Gasteiger partial charge is 0.258 e. The van der Waals surface area contributed by atoms with Crippen molar-refractivity contribution in [2.75, 3.05) is 0 Å². The fourth-order valence-corrected chi connectivity index (χ4v) is 4.08. The van der Waals surface area contributed by atoms with Crippen LogP contribution in [0, 0.1) is 6.92 Å². The van der Waals surface area contributed by atoms with Crippen LogP contribution in [0.5, 0.6) is 0 Å². The summed E-state index contributed by atoms with van der Waals surface area (Å²) >= 11 is 1.52. The fraction of sp³-hybridized carbons (Fsp3) is 0.304. The van der Waals surface area contributed by atoms with Crippen LogP contribution in [0.3, 0.4) is 0 Å². The van der Waals surface area contributed by atoms with Crippen LogP contribution in [0.1, 0.15) is 37.6 Å². The Balaban J connectivity index is 1.55. The number of hydrogen-bond acceptors (Lipinski definition) is 5. The molecule has 4 aromatic rings. The highest BCUT2D eigenvalue weighted by Crippen LogP contribution is 2.27. The van der Waals surface area contributed by atoms with E-state index in [0.717, 1.165) is 27.8 Å². The van der Waals surface area contributed by atoms with Crippen LogP contribution < -0.4 is 5.56 Å². The van der Waals surface area contributed by atoms with E-state index in [1.54, 1.807) is 16.7 Å². The number of pyridine rings is 1. The van der Waals surface area contributed by atoms with Gasteiger partial charge in [-0.25, -0.2) is 4.98 Å². The third kappa shape index (κ3) is 4.03.